The predicted octanol–water partition coefficient (Wildman–Crippen LogP) is 3.38. The first-order chi connectivity index (χ1) is 13.1. The third-order valence-corrected chi connectivity index (χ3v) is 4.36. The Morgan fingerprint density at radius 2 is 1.74 bits per heavy atom. The molecular formula is C20H24N4O3. The molecule has 0 spiro atoms. The Bertz CT molecular complexity index is 803. The van der Waals surface area contributed by atoms with Gasteiger partial charge in [-0.15, -0.1) is 0 Å². The summed E-state index contributed by atoms with van der Waals surface area (Å²) in [6, 6.07) is 10.4. The van der Waals surface area contributed by atoms with E-state index in [9.17, 15) is 9.59 Å². The summed E-state index contributed by atoms with van der Waals surface area (Å²) in [5, 5.41) is 6.61. The van der Waals surface area contributed by atoms with Crippen LogP contribution in [0.2, 0.25) is 0 Å². The molecule has 27 heavy (non-hydrogen) atoms. The molecule has 1 aromatic carbocycles. The normalized spacial score (nSPS) is 14.8. The van der Waals surface area contributed by atoms with Crippen molar-refractivity contribution in [1.29, 1.82) is 0 Å². The number of furan rings is 1. The molecule has 7 nitrogen and oxygen atoms in total. The van der Waals surface area contributed by atoms with Crippen molar-refractivity contribution in [2.45, 2.75) is 32.6 Å². The molecule has 0 atom stereocenters. The van der Waals surface area contributed by atoms with Gasteiger partial charge in [0.15, 0.2) is 5.88 Å². The van der Waals surface area contributed by atoms with E-state index >= 15 is 0 Å². The minimum absolute atomic E-state index is 0.158. The van der Waals surface area contributed by atoms with Crippen LogP contribution in [0, 0.1) is 0 Å². The van der Waals surface area contributed by atoms with Gasteiger partial charge in [0.25, 0.3) is 5.91 Å². The highest BCUT2D eigenvalue weighted by Crippen LogP contribution is 2.21. The van der Waals surface area contributed by atoms with Crippen molar-refractivity contribution >= 4 is 29.6 Å². The maximum Gasteiger partial charge on any atom is 0.271 e. The number of carbonyl (C=O) groups is 2. The van der Waals surface area contributed by atoms with E-state index in [1.165, 1.54) is 38.8 Å². The summed E-state index contributed by atoms with van der Waals surface area (Å²) >= 11 is 0. The molecule has 1 fully saturated rings. The van der Waals surface area contributed by atoms with Crippen LogP contribution in [0.1, 0.15) is 48.7 Å². The Morgan fingerprint density at radius 3 is 2.41 bits per heavy atom. The summed E-state index contributed by atoms with van der Waals surface area (Å²) in [4.78, 5) is 25.4. The topological polar surface area (TPSA) is 86.9 Å². The van der Waals surface area contributed by atoms with Crippen molar-refractivity contribution in [2.75, 3.05) is 23.3 Å². The van der Waals surface area contributed by atoms with E-state index in [0.717, 1.165) is 19.0 Å². The summed E-state index contributed by atoms with van der Waals surface area (Å²) in [5.74, 6) is 0.948. The lowest BCUT2D eigenvalue weighted by Gasteiger charge is -2.18. The Morgan fingerprint density at radius 1 is 1.04 bits per heavy atom. The fourth-order valence-corrected chi connectivity index (χ4v) is 3.00. The van der Waals surface area contributed by atoms with E-state index in [4.69, 9.17) is 4.42 Å². The Hall–Kier alpha value is -3.09. The number of nitrogens with zero attached hydrogens (tertiary/aromatic N) is 2. The highest BCUT2D eigenvalue weighted by molar-refractivity contribution is 5.95. The summed E-state index contributed by atoms with van der Waals surface area (Å²) in [5.41, 5.74) is 3.56. The van der Waals surface area contributed by atoms with Gasteiger partial charge in [0.05, 0.1) is 6.21 Å². The molecule has 0 unspecified atom stereocenters. The maximum atomic E-state index is 12.1. The zero-order valence-corrected chi connectivity index (χ0v) is 15.4. The zero-order chi connectivity index (χ0) is 19.1. The van der Waals surface area contributed by atoms with Crippen molar-refractivity contribution in [3.63, 3.8) is 0 Å². The fraction of sp³-hybridized carbons (Fsp3) is 0.350. The molecule has 1 aromatic heterocycles. The first kappa shape index (κ1) is 18.7. The standard InChI is InChI=1S/C20H24N4O3/c1-15(25)22-17-8-6-16(7-9-17)20(26)23-21-14-18-10-11-19(27-18)24-12-4-2-3-5-13-24/h6-11,14H,2-5,12-13H2,1H3,(H,22,25)(H,23,26)/b21-14-. The number of hydrazone groups is 1. The molecule has 3 rings (SSSR count). The largest absolute Gasteiger partial charge is 0.440 e. The van der Waals surface area contributed by atoms with Crippen molar-refractivity contribution < 1.29 is 14.0 Å². The lowest BCUT2D eigenvalue weighted by molar-refractivity contribution is -0.114. The Kier molecular flexibility index (Phi) is 6.25. The van der Waals surface area contributed by atoms with Gasteiger partial charge >= 0.3 is 0 Å². The van der Waals surface area contributed by atoms with Gasteiger partial charge in [-0.05, 0) is 43.2 Å². The highest BCUT2D eigenvalue weighted by Gasteiger charge is 2.13. The molecule has 0 aliphatic carbocycles. The molecule has 0 bridgehead atoms. The molecule has 2 heterocycles. The van der Waals surface area contributed by atoms with Crippen LogP contribution < -0.4 is 15.6 Å². The Balaban J connectivity index is 1.54. The number of rotatable bonds is 5. The Labute approximate surface area is 158 Å². The number of nitrogens with one attached hydrogen (secondary N) is 2. The van der Waals surface area contributed by atoms with Gasteiger partial charge in [-0.3, -0.25) is 9.59 Å². The number of benzene rings is 1. The SMILES string of the molecule is CC(=O)Nc1ccc(C(=O)N/N=C\c2ccc(N3CCCCCC3)o2)cc1. The van der Waals surface area contributed by atoms with Gasteiger partial charge in [-0.25, -0.2) is 5.43 Å². The number of anilines is 2. The monoisotopic (exact) mass is 368 g/mol. The molecule has 2 N–H and O–H groups in total. The quantitative estimate of drug-likeness (QED) is 0.626. The van der Waals surface area contributed by atoms with Crippen LogP contribution in [-0.2, 0) is 4.79 Å². The van der Waals surface area contributed by atoms with Gasteiger partial charge < -0.3 is 14.6 Å². The minimum Gasteiger partial charge on any atom is -0.440 e. The molecule has 1 aliphatic heterocycles. The number of hydrogen-bond donors (Lipinski definition) is 2. The molecule has 7 heteroatoms. The van der Waals surface area contributed by atoms with E-state index in [1.54, 1.807) is 24.3 Å². The number of amides is 2. The van der Waals surface area contributed by atoms with Gasteiger partial charge in [0, 0.05) is 37.3 Å². The summed E-state index contributed by atoms with van der Waals surface area (Å²) in [6.45, 7) is 3.45. The van der Waals surface area contributed by atoms with Crippen LogP contribution in [0.3, 0.4) is 0 Å². The van der Waals surface area contributed by atoms with E-state index in [-0.39, 0.29) is 11.8 Å². The molecule has 2 amide bonds. The molecule has 1 saturated heterocycles. The second-order valence-corrected chi connectivity index (χ2v) is 6.53. The van der Waals surface area contributed by atoms with Crippen molar-refractivity contribution in [3.05, 3.63) is 47.7 Å². The molecule has 1 aliphatic rings. The van der Waals surface area contributed by atoms with Gasteiger partial charge in [0.1, 0.15) is 5.76 Å². The third kappa shape index (κ3) is 5.44. The van der Waals surface area contributed by atoms with Gasteiger partial charge in [-0.1, -0.05) is 12.8 Å². The van der Waals surface area contributed by atoms with Gasteiger partial charge in [-0.2, -0.15) is 5.10 Å². The zero-order valence-electron chi connectivity index (χ0n) is 15.4. The second-order valence-electron chi connectivity index (χ2n) is 6.53. The van der Waals surface area contributed by atoms with E-state index in [2.05, 4.69) is 20.7 Å². The van der Waals surface area contributed by atoms with E-state index < -0.39 is 0 Å². The number of carbonyl (C=O) groups excluding carboxylic acids is 2. The van der Waals surface area contributed by atoms with Crippen molar-refractivity contribution in [2.24, 2.45) is 5.10 Å². The van der Waals surface area contributed by atoms with Crippen molar-refractivity contribution in [1.82, 2.24) is 5.43 Å². The highest BCUT2D eigenvalue weighted by atomic mass is 16.4. The predicted molar refractivity (Wildman–Crippen MR) is 105 cm³/mol. The van der Waals surface area contributed by atoms with E-state index in [0.29, 0.717) is 17.0 Å². The van der Waals surface area contributed by atoms with Crippen LogP contribution in [0.25, 0.3) is 0 Å². The average molecular weight is 368 g/mol. The summed E-state index contributed by atoms with van der Waals surface area (Å²) < 4.78 is 5.80. The fourth-order valence-electron chi connectivity index (χ4n) is 3.00. The molecule has 2 aromatic rings. The molecule has 142 valence electrons. The smallest absolute Gasteiger partial charge is 0.271 e. The van der Waals surface area contributed by atoms with E-state index in [1.807, 2.05) is 12.1 Å². The minimum atomic E-state index is -0.333. The first-order valence-electron chi connectivity index (χ1n) is 9.18. The van der Waals surface area contributed by atoms with Crippen molar-refractivity contribution in [3.8, 4) is 0 Å². The van der Waals surface area contributed by atoms with Crippen LogP contribution in [0.4, 0.5) is 11.6 Å². The molecule has 0 saturated carbocycles. The second kappa shape index (κ2) is 9.02. The molecule has 0 radical (unpaired) electrons. The average Bonchev–Trinajstić information content (AvgIpc) is 2.95. The maximum absolute atomic E-state index is 12.1. The number of hydrogen-bond acceptors (Lipinski definition) is 5. The van der Waals surface area contributed by atoms with Crippen LogP contribution in [0.5, 0.6) is 0 Å². The lowest BCUT2D eigenvalue weighted by atomic mass is 10.2. The van der Waals surface area contributed by atoms with Crippen LogP contribution >= 0.6 is 0 Å². The van der Waals surface area contributed by atoms with Crippen LogP contribution in [-0.4, -0.2) is 31.1 Å². The summed E-state index contributed by atoms with van der Waals surface area (Å²) in [6.07, 6.45) is 6.39. The van der Waals surface area contributed by atoms with Gasteiger partial charge in [0.2, 0.25) is 5.91 Å². The lowest BCUT2D eigenvalue weighted by Crippen LogP contribution is -2.23. The summed E-state index contributed by atoms with van der Waals surface area (Å²) in [7, 11) is 0. The molecular weight excluding hydrogens is 344 g/mol. The van der Waals surface area contributed by atoms with Crippen LogP contribution in [0.15, 0.2) is 45.9 Å². The first-order valence-corrected chi connectivity index (χ1v) is 9.18. The third-order valence-electron chi connectivity index (χ3n) is 4.36.